The van der Waals surface area contributed by atoms with Gasteiger partial charge in [0.2, 0.25) is 0 Å². The van der Waals surface area contributed by atoms with Crippen molar-refractivity contribution in [3.05, 3.63) is 55.0 Å². The fourth-order valence-electron chi connectivity index (χ4n) is 2.81. The SMILES string of the molecule is Cn1ccc2c(-c3cccc4c(N)ccnc34)ccnc21. The lowest BCUT2D eigenvalue weighted by Crippen LogP contribution is -1.92. The van der Waals surface area contributed by atoms with E-state index in [9.17, 15) is 0 Å². The van der Waals surface area contributed by atoms with Crippen molar-refractivity contribution < 1.29 is 0 Å². The number of hydrogen-bond donors (Lipinski definition) is 1. The van der Waals surface area contributed by atoms with Crippen molar-refractivity contribution in [2.24, 2.45) is 7.05 Å². The molecule has 0 aliphatic heterocycles. The predicted molar refractivity (Wildman–Crippen MR) is 85.9 cm³/mol. The number of benzene rings is 1. The van der Waals surface area contributed by atoms with Gasteiger partial charge in [0.05, 0.1) is 5.52 Å². The van der Waals surface area contributed by atoms with Crippen molar-refractivity contribution >= 4 is 27.6 Å². The van der Waals surface area contributed by atoms with Gasteiger partial charge in [0, 0.05) is 47.7 Å². The number of nitrogens with zero attached hydrogens (tertiary/aromatic N) is 3. The van der Waals surface area contributed by atoms with Crippen LogP contribution >= 0.6 is 0 Å². The fraction of sp³-hybridized carbons (Fsp3) is 0.0588. The number of aromatic nitrogens is 3. The molecule has 102 valence electrons. The van der Waals surface area contributed by atoms with Gasteiger partial charge in [-0.15, -0.1) is 0 Å². The van der Waals surface area contributed by atoms with Crippen LogP contribution in [0.25, 0.3) is 33.1 Å². The number of nitrogens with two attached hydrogens (primary N) is 1. The smallest absolute Gasteiger partial charge is 0.140 e. The van der Waals surface area contributed by atoms with E-state index in [0.29, 0.717) is 0 Å². The van der Waals surface area contributed by atoms with E-state index in [0.717, 1.165) is 38.8 Å². The Morgan fingerprint density at radius 1 is 0.905 bits per heavy atom. The Labute approximate surface area is 121 Å². The van der Waals surface area contributed by atoms with Gasteiger partial charge < -0.3 is 10.3 Å². The molecule has 0 fully saturated rings. The van der Waals surface area contributed by atoms with E-state index < -0.39 is 0 Å². The minimum absolute atomic E-state index is 0.750. The van der Waals surface area contributed by atoms with Crippen LogP contribution < -0.4 is 5.73 Å². The predicted octanol–water partition coefficient (Wildman–Crippen LogP) is 3.37. The van der Waals surface area contributed by atoms with Crippen LogP contribution in [0, 0.1) is 0 Å². The minimum Gasteiger partial charge on any atom is -0.398 e. The maximum atomic E-state index is 6.06. The number of pyridine rings is 2. The van der Waals surface area contributed by atoms with Gasteiger partial charge >= 0.3 is 0 Å². The second-order valence-electron chi connectivity index (χ2n) is 5.12. The lowest BCUT2D eigenvalue weighted by Gasteiger charge is -2.09. The molecule has 0 unspecified atom stereocenters. The molecule has 0 aliphatic carbocycles. The highest BCUT2D eigenvalue weighted by atomic mass is 15.0. The summed E-state index contributed by atoms with van der Waals surface area (Å²) in [5.74, 6) is 0. The molecule has 0 amide bonds. The Morgan fingerprint density at radius 3 is 2.67 bits per heavy atom. The summed E-state index contributed by atoms with van der Waals surface area (Å²) in [6, 6.07) is 12.0. The summed E-state index contributed by atoms with van der Waals surface area (Å²) in [5, 5.41) is 2.10. The molecule has 4 nitrogen and oxygen atoms in total. The van der Waals surface area contributed by atoms with E-state index >= 15 is 0 Å². The summed E-state index contributed by atoms with van der Waals surface area (Å²) in [6.45, 7) is 0. The largest absolute Gasteiger partial charge is 0.398 e. The van der Waals surface area contributed by atoms with E-state index in [1.807, 2.05) is 48.3 Å². The lowest BCUT2D eigenvalue weighted by molar-refractivity contribution is 0.949. The zero-order valence-electron chi connectivity index (χ0n) is 11.6. The van der Waals surface area contributed by atoms with Gasteiger partial charge in [-0.2, -0.15) is 0 Å². The molecule has 4 heteroatoms. The number of rotatable bonds is 1. The summed E-state index contributed by atoms with van der Waals surface area (Å²) in [7, 11) is 2.00. The van der Waals surface area contributed by atoms with Crippen LogP contribution in [0.15, 0.2) is 55.0 Å². The van der Waals surface area contributed by atoms with Crippen LogP contribution in [0.5, 0.6) is 0 Å². The first-order chi connectivity index (χ1) is 10.3. The van der Waals surface area contributed by atoms with E-state index in [1.165, 1.54) is 0 Å². The third kappa shape index (κ3) is 1.69. The van der Waals surface area contributed by atoms with Crippen LogP contribution in [0.1, 0.15) is 0 Å². The number of fused-ring (bicyclic) bond motifs is 2. The zero-order chi connectivity index (χ0) is 14.4. The number of hydrogen-bond acceptors (Lipinski definition) is 3. The first-order valence-corrected chi connectivity index (χ1v) is 6.79. The molecule has 0 saturated carbocycles. The minimum atomic E-state index is 0.750. The lowest BCUT2D eigenvalue weighted by atomic mass is 10.00. The van der Waals surface area contributed by atoms with Crippen molar-refractivity contribution in [1.29, 1.82) is 0 Å². The Hall–Kier alpha value is -2.88. The Balaban J connectivity index is 2.12. The van der Waals surface area contributed by atoms with Crippen molar-refractivity contribution in [2.75, 3.05) is 5.73 Å². The summed E-state index contributed by atoms with van der Waals surface area (Å²) in [4.78, 5) is 8.97. The van der Waals surface area contributed by atoms with Gasteiger partial charge in [-0.05, 0) is 23.8 Å². The summed E-state index contributed by atoms with van der Waals surface area (Å²) < 4.78 is 2.02. The van der Waals surface area contributed by atoms with Crippen LogP contribution in [0.4, 0.5) is 5.69 Å². The molecular weight excluding hydrogens is 260 g/mol. The Bertz CT molecular complexity index is 969. The average Bonchev–Trinajstić information content (AvgIpc) is 2.89. The number of anilines is 1. The van der Waals surface area contributed by atoms with E-state index in [-0.39, 0.29) is 0 Å². The molecule has 0 spiro atoms. The third-order valence-electron chi connectivity index (χ3n) is 3.86. The van der Waals surface area contributed by atoms with Gasteiger partial charge in [-0.25, -0.2) is 4.98 Å². The van der Waals surface area contributed by atoms with Gasteiger partial charge in [0.1, 0.15) is 5.65 Å². The summed E-state index contributed by atoms with van der Waals surface area (Å²) in [5.41, 5.74) is 10.9. The fourth-order valence-corrected chi connectivity index (χ4v) is 2.81. The van der Waals surface area contributed by atoms with Gasteiger partial charge in [-0.1, -0.05) is 18.2 Å². The molecule has 1 aromatic carbocycles. The zero-order valence-corrected chi connectivity index (χ0v) is 11.6. The van der Waals surface area contributed by atoms with E-state index in [1.54, 1.807) is 6.20 Å². The molecule has 3 aromatic heterocycles. The molecule has 4 rings (SSSR count). The molecule has 3 heterocycles. The maximum Gasteiger partial charge on any atom is 0.140 e. The highest BCUT2D eigenvalue weighted by Crippen LogP contribution is 2.33. The third-order valence-corrected chi connectivity index (χ3v) is 3.86. The van der Waals surface area contributed by atoms with E-state index in [4.69, 9.17) is 5.73 Å². The Kier molecular flexibility index (Phi) is 2.44. The molecule has 0 bridgehead atoms. The molecule has 2 N–H and O–H groups in total. The number of aryl methyl sites for hydroxylation is 1. The molecule has 0 saturated heterocycles. The quantitative estimate of drug-likeness (QED) is 0.579. The molecule has 21 heavy (non-hydrogen) atoms. The van der Waals surface area contributed by atoms with E-state index in [2.05, 4.69) is 22.1 Å². The Morgan fingerprint density at radius 2 is 1.76 bits per heavy atom. The molecule has 4 aromatic rings. The molecule has 0 aliphatic rings. The maximum absolute atomic E-state index is 6.06. The monoisotopic (exact) mass is 274 g/mol. The summed E-state index contributed by atoms with van der Waals surface area (Å²) in [6.07, 6.45) is 5.61. The topological polar surface area (TPSA) is 56.7 Å². The normalized spacial score (nSPS) is 11.3. The molecular formula is C17H14N4. The van der Waals surface area contributed by atoms with Crippen molar-refractivity contribution in [2.45, 2.75) is 0 Å². The van der Waals surface area contributed by atoms with Crippen molar-refractivity contribution in [3.8, 4) is 11.1 Å². The first-order valence-electron chi connectivity index (χ1n) is 6.79. The summed E-state index contributed by atoms with van der Waals surface area (Å²) >= 11 is 0. The van der Waals surface area contributed by atoms with Crippen molar-refractivity contribution in [1.82, 2.24) is 14.5 Å². The second-order valence-corrected chi connectivity index (χ2v) is 5.12. The number of nitrogen functional groups attached to an aromatic ring is 1. The highest BCUT2D eigenvalue weighted by Gasteiger charge is 2.11. The van der Waals surface area contributed by atoms with Gasteiger partial charge in [0.15, 0.2) is 0 Å². The van der Waals surface area contributed by atoms with Gasteiger partial charge in [-0.3, -0.25) is 4.98 Å². The van der Waals surface area contributed by atoms with Gasteiger partial charge in [0.25, 0.3) is 0 Å². The second kappa shape index (κ2) is 4.31. The van der Waals surface area contributed by atoms with Crippen LogP contribution in [0.2, 0.25) is 0 Å². The highest BCUT2D eigenvalue weighted by molar-refractivity contribution is 6.05. The molecule has 0 radical (unpaired) electrons. The van der Waals surface area contributed by atoms with Crippen LogP contribution in [-0.4, -0.2) is 14.5 Å². The van der Waals surface area contributed by atoms with Crippen molar-refractivity contribution in [3.63, 3.8) is 0 Å². The first kappa shape index (κ1) is 11.9. The van der Waals surface area contributed by atoms with Crippen LogP contribution in [0.3, 0.4) is 0 Å². The standard InChI is InChI=1S/C17H14N4/c1-21-10-7-13-11(5-8-20-17(13)21)12-3-2-4-14-15(18)6-9-19-16(12)14/h2-10H,1H3,(H2,18,19). The number of para-hydroxylation sites is 1. The van der Waals surface area contributed by atoms with Crippen LogP contribution in [-0.2, 0) is 7.05 Å². The molecule has 0 atom stereocenters. The average molecular weight is 274 g/mol.